The van der Waals surface area contributed by atoms with Gasteiger partial charge in [-0.2, -0.15) is 0 Å². The molecule has 0 aliphatic rings. The topological polar surface area (TPSA) is 64.1 Å². The molecule has 17 heavy (non-hydrogen) atoms. The van der Waals surface area contributed by atoms with E-state index in [0.717, 1.165) is 22.6 Å². The van der Waals surface area contributed by atoms with Crippen LogP contribution in [0.3, 0.4) is 0 Å². The first-order valence-electron chi connectivity index (χ1n) is 5.41. The molecule has 0 aromatic heterocycles. The second-order valence-electron chi connectivity index (χ2n) is 4.02. The van der Waals surface area contributed by atoms with Gasteiger partial charge in [0.05, 0.1) is 0 Å². The molecule has 0 amide bonds. The molecule has 0 saturated heterocycles. The number of rotatable bonds is 4. The highest BCUT2D eigenvalue weighted by molar-refractivity contribution is 5.66. The van der Waals surface area contributed by atoms with E-state index < -0.39 is 0 Å². The summed E-state index contributed by atoms with van der Waals surface area (Å²) in [6, 6.07) is 7.83. The predicted octanol–water partition coefficient (Wildman–Crippen LogP) is 2.79. The van der Waals surface area contributed by atoms with E-state index in [1.807, 2.05) is 38.1 Å². The van der Waals surface area contributed by atoms with Gasteiger partial charge in [0.2, 0.25) is 0 Å². The van der Waals surface area contributed by atoms with Crippen molar-refractivity contribution in [1.29, 1.82) is 0 Å². The van der Waals surface area contributed by atoms with Gasteiger partial charge in [-0.25, -0.2) is 0 Å². The first-order valence-corrected chi connectivity index (χ1v) is 5.41. The Kier molecular flexibility index (Phi) is 4.40. The number of hydrogen-bond acceptors (Lipinski definition) is 3. The molecule has 0 unspecified atom stereocenters. The number of benzene rings is 1. The Morgan fingerprint density at radius 3 is 2.18 bits per heavy atom. The van der Waals surface area contributed by atoms with E-state index in [9.17, 15) is 0 Å². The molecule has 0 saturated carbocycles. The molecule has 1 aromatic rings. The van der Waals surface area contributed by atoms with Gasteiger partial charge in [-0.3, -0.25) is 0 Å². The summed E-state index contributed by atoms with van der Waals surface area (Å²) in [7, 11) is 0. The average molecular weight is 229 g/mol. The van der Waals surface area contributed by atoms with Crippen molar-refractivity contribution in [3.63, 3.8) is 0 Å². The molecule has 1 rings (SSSR count). The van der Waals surface area contributed by atoms with Crippen LogP contribution in [0.4, 0.5) is 5.69 Å². The van der Waals surface area contributed by atoms with Crippen LogP contribution < -0.4 is 16.8 Å². The molecule has 1 aromatic carbocycles. The van der Waals surface area contributed by atoms with Gasteiger partial charge in [-0.15, -0.1) is 0 Å². The third kappa shape index (κ3) is 4.47. The van der Waals surface area contributed by atoms with Gasteiger partial charge in [0.25, 0.3) is 0 Å². The van der Waals surface area contributed by atoms with E-state index in [-0.39, 0.29) is 0 Å². The van der Waals surface area contributed by atoms with E-state index in [1.54, 1.807) is 12.2 Å². The number of hydrogen-bond donors (Lipinski definition) is 3. The van der Waals surface area contributed by atoms with Gasteiger partial charge in [0.15, 0.2) is 0 Å². The van der Waals surface area contributed by atoms with Gasteiger partial charge in [0, 0.05) is 22.8 Å². The van der Waals surface area contributed by atoms with Crippen molar-refractivity contribution in [2.45, 2.75) is 13.8 Å². The highest BCUT2D eigenvalue weighted by Gasteiger charge is 1.96. The fourth-order valence-corrected chi connectivity index (χ4v) is 1.31. The number of nitrogens with one attached hydrogen (secondary N) is 1. The first kappa shape index (κ1) is 12.9. The standard InChI is InChI=1S/C14H19N3/c1-10(2)17-13-7-5-12(6-8-13)14(16)9-4-11(3)15/h4-9,17H,1,15-16H2,2-3H3/b11-4-,14-9-. The molecule has 3 nitrogen and oxygen atoms in total. The van der Waals surface area contributed by atoms with Gasteiger partial charge < -0.3 is 16.8 Å². The van der Waals surface area contributed by atoms with Crippen molar-refractivity contribution in [3.8, 4) is 0 Å². The van der Waals surface area contributed by atoms with Crippen molar-refractivity contribution < 1.29 is 0 Å². The van der Waals surface area contributed by atoms with Gasteiger partial charge in [0.1, 0.15) is 0 Å². The van der Waals surface area contributed by atoms with Crippen LogP contribution in [-0.4, -0.2) is 0 Å². The molecule has 5 N–H and O–H groups in total. The maximum absolute atomic E-state index is 5.92. The van der Waals surface area contributed by atoms with Crippen molar-refractivity contribution in [3.05, 3.63) is 60.0 Å². The fourth-order valence-electron chi connectivity index (χ4n) is 1.31. The summed E-state index contributed by atoms with van der Waals surface area (Å²) < 4.78 is 0. The number of allylic oxidation sites excluding steroid dienone is 4. The largest absolute Gasteiger partial charge is 0.402 e. The Bertz CT molecular complexity index is 449. The number of nitrogens with two attached hydrogens (primary N) is 2. The SMILES string of the molecule is C=C(C)Nc1ccc(/C(N)=C/C=C(/C)N)cc1. The normalized spacial score (nSPS) is 12.4. The summed E-state index contributed by atoms with van der Waals surface area (Å²) in [5.41, 5.74) is 15.8. The minimum Gasteiger partial charge on any atom is -0.402 e. The molecule has 0 spiro atoms. The average Bonchev–Trinajstić information content (AvgIpc) is 2.26. The zero-order valence-electron chi connectivity index (χ0n) is 10.3. The Hall–Kier alpha value is -2.16. The molecule has 90 valence electrons. The lowest BCUT2D eigenvalue weighted by atomic mass is 10.1. The van der Waals surface area contributed by atoms with Crippen LogP contribution in [0.1, 0.15) is 19.4 Å². The molecule has 0 atom stereocenters. The summed E-state index contributed by atoms with van der Waals surface area (Å²) in [6.45, 7) is 7.52. The predicted molar refractivity (Wildman–Crippen MR) is 75.0 cm³/mol. The lowest BCUT2D eigenvalue weighted by Crippen LogP contribution is -1.98. The van der Waals surface area contributed by atoms with Crippen molar-refractivity contribution in [1.82, 2.24) is 0 Å². The van der Waals surface area contributed by atoms with Crippen LogP contribution in [-0.2, 0) is 0 Å². The first-order chi connectivity index (χ1) is 7.99. The minimum atomic E-state index is 0.691. The van der Waals surface area contributed by atoms with Gasteiger partial charge in [-0.05, 0) is 43.7 Å². The molecule has 0 fully saturated rings. The zero-order chi connectivity index (χ0) is 12.8. The summed E-state index contributed by atoms with van der Waals surface area (Å²) in [5, 5.41) is 3.13. The molecule has 0 bridgehead atoms. The molecular weight excluding hydrogens is 210 g/mol. The molecule has 0 heterocycles. The lowest BCUT2D eigenvalue weighted by Gasteiger charge is -2.06. The van der Waals surface area contributed by atoms with Crippen molar-refractivity contribution in [2.24, 2.45) is 11.5 Å². The van der Waals surface area contributed by atoms with Crippen LogP contribution in [0.5, 0.6) is 0 Å². The van der Waals surface area contributed by atoms with Crippen molar-refractivity contribution >= 4 is 11.4 Å². The summed E-state index contributed by atoms with van der Waals surface area (Å²) in [5.74, 6) is 0. The second kappa shape index (κ2) is 5.80. The molecule has 3 heteroatoms. The van der Waals surface area contributed by atoms with Gasteiger partial charge >= 0.3 is 0 Å². The molecule has 0 aliphatic heterocycles. The summed E-state index contributed by atoms with van der Waals surface area (Å²) >= 11 is 0. The van der Waals surface area contributed by atoms with Crippen LogP contribution in [0.25, 0.3) is 5.70 Å². The zero-order valence-corrected chi connectivity index (χ0v) is 10.3. The molecular formula is C14H19N3. The monoisotopic (exact) mass is 229 g/mol. The van der Waals surface area contributed by atoms with E-state index in [1.165, 1.54) is 0 Å². The van der Waals surface area contributed by atoms with Gasteiger partial charge in [-0.1, -0.05) is 18.7 Å². The van der Waals surface area contributed by atoms with Crippen LogP contribution in [0, 0.1) is 0 Å². The third-order valence-corrected chi connectivity index (χ3v) is 2.10. The third-order valence-electron chi connectivity index (χ3n) is 2.10. The quantitative estimate of drug-likeness (QED) is 0.696. The minimum absolute atomic E-state index is 0.691. The maximum atomic E-state index is 5.92. The Balaban J connectivity index is 2.84. The number of anilines is 1. The van der Waals surface area contributed by atoms with E-state index in [2.05, 4.69) is 11.9 Å². The van der Waals surface area contributed by atoms with Crippen molar-refractivity contribution in [2.75, 3.05) is 5.32 Å². The smallest absolute Gasteiger partial charge is 0.0388 e. The fraction of sp³-hybridized carbons (Fsp3) is 0.143. The second-order valence-corrected chi connectivity index (χ2v) is 4.02. The summed E-state index contributed by atoms with van der Waals surface area (Å²) in [4.78, 5) is 0. The highest BCUT2D eigenvalue weighted by Crippen LogP contribution is 2.15. The van der Waals surface area contributed by atoms with E-state index in [4.69, 9.17) is 11.5 Å². The van der Waals surface area contributed by atoms with E-state index in [0.29, 0.717) is 5.70 Å². The molecule has 0 radical (unpaired) electrons. The Morgan fingerprint density at radius 1 is 1.12 bits per heavy atom. The Labute approximate surface area is 103 Å². The van der Waals surface area contributed by atoms with E-state index >= 15 is 0 Å². The highest BCUT2D eigenvalue weighted by atomic mass is 14.9. The lowest BCUT2D eigenvalue weighted by molar-refractivity contribution is 1.31. The van der Waals surface area contributed by atoms with Crippen LogP contribution in [0.15, 0.2) is 54.4 Å². The Morgan fingerprint density at radius 2 is 1.71 bits per heavy atom. The summed E-state index contributed by atoms with van der Waals surface area (Å²) in [6.07, 6.45) is 3.59. The van der Waals surface area contributed by atoms with Crippen LogP contribution >= 0.6 is 0 Å². The molecule has 0 aliphatic carbocycles. The van der Waals surface area contributed by atoms with Crippen LogP contribution in [0.2, 0.25) is 0 Å². The maximum Gasteiger partial charge on any atom is 0.0388 e.